The highest BCUT2D eigenvalue weighted by atomic mass is 16.6. The zero-order chi connectivity index (χ0) is 17.3. The predicted molar refractivity (Wildman–Crippen MR) is 87.4 cm³/mol. The Bertz CT molecular complexity index is 789. The number of carbonyl (C=O) groups excluding carboxylic acids is 2. The topological polar surface area (TPSA) is 83.8 Å². The van der Waals surface area contributed by atoms with Crippen molar-refractivity contribution in [3.8, 4) is 0 Å². The van der Waals surface area contributed by atoms with E-state index in [9.17, 15) is 19.7 Å². The lowest BCUT2D eigenvalue weighted by Gasteiger charge is -2.19. The van der Waals surface area contributed by atoms with Gasteiger partial charge in [-0.3, -0.25) is 24.7 Å². The summed E-state index contributed by atoms with van der Waals surface area (Å²) < 4.78 is 0. The lowest BCUT2D eigenvalue weighted by atomic mass is 10.2. The maximum atomic E-state index is 12.6. The number of nitro groups is 1. The van der Waals surface area contributed by atoms with Gasteiger partial charge in [0.2, 0.25) is 0 Å². The molecule has 0 radical (unpaired) electrons. The van der Waals surface area contributed by atoms with Gasteiger partial charge in [-0.1, -0.05) is 30.3 Å². The number of nitro benzene ring substituents is 1. The fraction of sp³-hybridized carbons (Fsp3) is 0.176. The monoisotopic (exact) mass is 325 g/mol. The summed E-state index contributed by atoms with van der Waals surface area (Å²) in [5.41, 5.74) is 1.29. The molecule has 0 aromatic heterocycles. The fourth-order valence-corrected chi connectivity index (χ4v) is 2.70. The maximum absolute atomic E-state index is 12.6. The van der Waals surface area contributed by atoms with Gasteiger partial charge in [0.15, 0.2) is 0 Å². The number of non-ortho nitro benzene ring substituents is 1. The van der Waals surface area contributed by atoms with E-state index in [0.29, 0.717) is 11.3 Å². The Morgan fingerprint density at radius 3 is 2.25 bits per heavy atom. The van der Waals surface area contributed by atoms with Crippen molar-refractivity contribution in [2.24, 2.45) is 0 Å². The van der Waals surface area contributed by atoms with Gasteiger partial charge in [0.25, 0.3) is 11.6 Å². The Morgan fingerprint density at radius 2 is 1.67 bits per heavy atom. The molecule has 1 aliphatic rings. The first-order valence-corrected chi connectivity index (χ1v) is 7.42. The van der Waals surface area contributed by atoms with E-state index >= 15 is 0 Å². The van der Waals surface area contributed by atoms with Crippen LogP contribution in [-0.4, -0.2) is 27.8 Å². The molecule has 0 N–H and O–H groups in total. The molecule has 1 heterocycles. The van der Waals surface area contributed by atoms with Crippen LogP contribution in [0.15, 0.2) is 54.6 Å². The summed E-state index contributed by atoms with van der Waals surface area (Å²) in [4.78, 5) is 37.9. The summed E-state index contributed by atoms with van der Waals surface area (Å²) in [7, 11) is 0. The molecule has 2 aromatic carbocycles. The quantitative estimate of drug-likeness (QED) is 0.491. The summed E-state index contributed by atoms with van der Waals surface area (Å²) in [6, 6.07) is 13.8. The van der Waals surface area contributed by atoms with Gasteiger partial charge in [-0.15, -0.1) is 0 Å². The first-order valence-electron chi connectivity index (χ1n) is 7.42. The number of amides is 3. The predicted octanol–water partition coefficient (Wildman–Crippen LogP) is 2.95. The lowest BCUT2D eigenvalue weighted by molar-refractivity contribution is -0.384. The van der Waals surface area contributed by atoms with Crippen molar-refractivity contribution in [3.05, 3.63) is 70.3 Å². The van der Waals surface area contributed by atoms with Gasteiger partial charge in [0.05, 0.1) is 11.5 Å². The van der Waals surface area contributed by atoms with Gasteiger partial charge in [0.1, 0.15) is 6.04 Å². The van der Waals surface area contributed by atoms with Gasteiger partial charge in [-0.05, 0) is 24.6 Å². The number of hydrogen-bond acceptors (Lipinski definition) is 4. The second-order valence-corrected chi connectivity index (χ2v) is 5.51. The third kappa shape index (κ3) is 2.71. The average molecular weight is 325 g/mol. The van der Waals surface area contributed by atoms with Gasteiger partial charge in [0, 0.05) is 17.8 Å². The molecule has 122 valence electrons. The van der Waals surface area contributed by atoms with Crippen molar-refractivity contribution in [1.29, 1.82) is 0 Å². The van der Waals surface area contributed by atoms with Crippen molar-refractivity contribution in [2.45, 2.75) is 19.5 Å². The molecule has 7 nitrogen and oxygen atoms in total. The van der Waals surface area contributed by atoms with E-state index in [-0.39, 0.29) is 18.1 Å². The summed E-state index contributed by atoms with van der Waals surface area (Å²) in [6.45, 7) is 1.77. The molecule has 3 rings (SSSR count). The van der Waals surface area contributed by atoms with Gasteiger partial charge >= 0.3 is 6.03 Å². The molecule has 1 atom stereocenters. The summed E-state index contributed by atoms with van der Waals surface area (Å²) in [6.07, 6.45) is 0. The second kappa shape index (κ2) is 6.11. The molecule has 0 spiro atoms. The van der Waals surface area contributed by atoms with Crippen LogP contribution in [0.3, 0.4) is 0 Å². The first-order chi connectivity index (χ1) is 11.5. The number of nitrogens with zero attached hydrogens (tertiary/aromatic N) is 3. The summed E-state index contributed by atoms with van der Waals surface area (Å²) >= 11 is 0. The van der Waals surface area contributed by atoms with Crippen molar-refractivity contribution < 1.29 is 14.5 Å². The number of rotatable bonds is 4. The second-order valence-electron chi connectivity index (χ2n) is 5.51. The number of urea groups is 1. The molecule has 1 aliphatic heterocycles. The van der Waals surface area contributed by atoms with Gasteiger partial charge < -0.3 is 0 Å². The fourth-order valence-electron chi connectivity index (χ4n) is 2.70. The van der Waals surface area contributed by atoms with E-state index in [1.54, 1.807) is 43.3 Å². The highest BCUT2D eigenvalue weighted by Crippen LogP contribution is 2.27. The molecule has 1 saturated heterocycles. The number of benzene rings is 2. The summed E-state index contributed by atoms with van der Waals surface area (Å²) in [5, 5.41) is 10.7. The molecule has 0 bridgehead atoms. The number of carbonyl (C=O) groups is 2. The largest absolute Gasteiger partial charge is 0.332 e. The minimum Gasteiger partial charge on any atom is -0.282 e. The zero-order valence-electron chi connectivity index (χ0n) is 13.0. The molecular formula is C17H15N3O4. The van der Waals surface area contributed by atoms with Gasteiger partial charge in [-0.2, -0.15) is 0 Å². The molecule has 1 fully saturated rings. The molecule has 7 heteroatoms. The third-order valence-electron chi connectivity index (χ3n) is 3.97. The van der Waals surface area contributed by atoms with Crippen LogP contribution in [0.25, 0.3) is 0 Å². The van der Waals surface area contributed by atoms with Crippen LogP contribution < -0.4 is 4.90 Å². The minimum absolute atomic E-state index is 0.0305. The Labute approximate surface area is 138 Å². The molecule has 0 saturated carbocycles. The smallest absolute Gasteiger partial charge is 0.282 e. The van der Waals surface area contributed by atoms with Crippen LogP contribution in [0.4, 0.5) is 16.2 Å². The van der Waals surface area contributed by atoms with Crippen molar-refractivity contribution >= 4 is 23.3 Å². The number of hydrogen-bond donors (Lipinski definition) is 0. The van der Waals surface area contributed by atoms with E-state index in [2.05, 4.69) is 0 Å². The average Bonchev–Trinajstić information content (AvgIpc) is 2.80. The van der Waals surface area contributed by atoms with Gasteiger partial charge in [-0.25, -0.2) is 4.79 Å². The molecule has 24 heavy (non-hydrogen) atoms. The van der Waals surface area contributed by atoms with Crippen molar-refractivity contribution in [3.63, 3.8) is 0 Å². The molecule has 0 aliphatic carbocycles. The minimum atomic E-state index is -0.585. The van der Waals surface area contributed by atoms with Crippen LogP contribution in [-0.2, 0) is 11.3 Å². The number of para-hydroxylation sites is 1. The standard InChI is InChI=1S/C17H15N3O4/c1-12-16(21)18(11-13-7-9-15(10-8-13)20(23)24)17(22)19(12)14-5-3-2-4-6-14/h2-10,12H,11H2,1H3/t12-/m0/s1. The van der Waals surface area contributed by atoms with Crippen LogP contribution in [0.5, 0.6) is 0 Å². The Morgan fingerprint density at radius 1 is 1.04 bits per heavy atom. The van der Waals surface area contributed by atoms with Crippen molar-refractivity contribution in [2.75, 3.05) is 4.90 Å². The summed E-state index contributed by atoms with van der Waals surface area (Å²) in [5.74, 6) is -0.290. The van der Waals surface area contributed by atoms with E-state index in [4.69, 9.17) is 0 Å². The number of anilines is 1. The molecule has 0 unspecified atom stereocenters. The maximum Gasteiger partial charge on any atom is 0.332 e. The Kier molecular flexibility index (Phi) is 3.99. The normalized spacial score (nSPS) is 17.5. The molecule has 2 aromatic rings. The number of imide groups is 1. The van der Waals surface area contributed by atoms with E-state index in [1.807, 2.05) is 6.07 Å². The molecule has 3 amide bonds. The highest BCUT2D eigenvalue weighted by Gasteiger charge is 2.43. The van der Waals surface area contributed by atoms with Crippen LogP contribution in [0.2, 0.25) is 0 Å². The highest BCUT2D eigenvalue weighted by molar-refractivity contribution is 6.13. The lowest BCUT2D eigenvalue weighted by Crippen LogP contribution is -2.33. The van der Waals surface area contributed by atoms with E-state index in [0.717, 1.165) is 0 Å². The Hall–Kier alpha value is -3.22. The zero-order valence-corrected chi connectivity index (χ0v) is 13.0. The van der Waals surface area contributed by atoms with E-state index in [1.165, 1.54) is 21.9 Å². The van der Waals surface area contributed by atoms with Crippen LogP contribution in [0.1, 0.15) is 12.5 Å². The Balaban J connectivity index is 1.82. The molecular weight excluding hydrogens is 310 g/mol. The van der Waals surface area contributed by atoms with Crippen LogP contribution in [0, 0.1) is 10.1 Å². The van der Waals surface area contributed by atoms with Crippen molar-refractivity contribution in [1.82, 2.24) is 4.90 Å². The van der Waals surface area contributed by atoms with E-state index < -0.39 is 17.0 Å². The third-order valence-corrected chi connectivity index (χ3v) is 3.97. The first kappa shape index (κ1) is 15.7. The SMILES string of the molecule is C[C@H]1C(=O)N(Cc2ccc([N+](=O)[O-])cc2)C(=O)N1c1ccccc1. The van der Waals surface area contributed by atoms with Crippen LogP contribution >= 0.6 is 0 Å².